The number of aliphatic hydroxyl groups excluding tert-OH is 1. The molecular formula is C16H20O3. The molecule has 0 spiro atoms. The van der Waals surface area contributed by atoms with Crippen LogP contribution >= 0.6 is 0 Å². The second kappa shape index (κ2) is 4.27. The monoisotopic (exact) mass is 260 g/mol. The van der Waals surface area contributed by atoms with Gasteiger partial charge in [0.1, 0.15) is 17.5 Å². The minimum Gasteiger partial charge on any atom is -0.483 e. The van der Waals surface area contributed by atoms with Gasteiger partial charge in [-0.15, -0.1) is 0 Å². The molecule has 1 aliphatic rings. The molecule has 2 heterocycles. The van der Waals surface area contributed by atoms with Crippen molar-refractivity contribution >= 4 is 11.0 Å². The van der Waals surface area contributed by atoms with Gasteiger partial charge in [-0.1, -0.05) is 25.5 Å². The number of fused-ring (bicyclic) bond motifs is 3. The Kier molecular flexibility index (Phi) is 2.82. The molecule has 1 aromatic carbocycles. The minimum atomic E-state index is -0.525. The van der Waals surface area contributed by atoms with Crippen LogP contribution in [0.2, 0.25) is 0 Å². The molecule has 2 aromatic rings. The first kappa shape index (κ1) is 12.5. The average molecular weight is 260 g/mol. The highest BCUT2D eigenvalue weighted by Crippen LogP contribution is 2.42. The van der Waals surface area contributed by atoms with Crippen LogP contribution in [-0.4, -0.2) is 10.7 Å². The Morgan fingerprint density at radius 1 is 1.37 bits per heavy atom. The van der Waals surface area contributed by atoms with Gasteiger partial charge >= 0.3 is 0 Å². The van der Waals surface area contributed by atoms with E-state index in [0.29, 0.717) is 12.2 Å². The molecule has 1 atom stereocenters. The van der Waals surface area contributed by atoms with Crippen LogP contribution in [0.1, 0.15) is 51.0 Å². The zero-order chi connectivity index (χ0) is 13.6. The molecule has 3 nitrogen and oxygen atoms in total. The summed E-state index contributed by atoms with van der Waals surface area (Å²) >= 11 is 0. The van der Waals surface area contributed by atoms with Gasteiger partial charge in [-0.2, -0.15) is 0 Å². The van der Waals surface area contributed by atoms with Crippen molar-refractivity contribution in [3.05, 3.63) is 29.5 Å². The Labute approximate surface area is 113 Å². The van der Waals surface area contributed by atoms with Crippen molar-refractivity contribution in [1.29, 1.82) is 0 Å². The topological polar surface area (TPSA) is 42.6 Å². The first-order valence-electron chi connectivity index (χ1n) is 6.92. The summed E-state index contributed by atoms with van der Waals surface area (Å²) < 4.78 is 11.8. The molecule has 0 amide bonds. The molecule has 0 saturated carbocycles. The van der Waals surface area contributed by atoms with Gasteiger partial charge in [-0.25, -0.2) is 0 Å². The van der Waals surface area contributed by atoms with E-state index >= 15 is 0 Å². The zero-order valence-corrected chi connectivity index (χ0v) is 11.7. The number of benzene rings is 1. The minimum absolute atomic E-state index is 0.175. The summed E-state index contributed by atoms with van der Waals surface area (Å²) in [5, 5.41) is 11.0. The highest BCUT2D eigenvalue weighted by Gasteiger charge is 2.32. The molecule has 0 bridgehead atoms. The van der Waals surface area contributed by atoms with Crippen molar-refractivity contribution in [2.75, 3.05) is 0 Å². The fourth-order valence-electron chi connectivity index (χ4n) is 2.74. The summed E-state index contributed by atoms with van der Waals surface area (Å²) in [6.07, 6.45) is 2.02. The molecule has 19 heavy (non-hydrogen) atoms. The molecule has 3 heteroatoms. The maximum Gasteiger partial charge on any atom is 0.176 e. The zero-order valence-electron chi connectivity index (χ0n) is 11.7. The molecule has 0 radical (unpaired) electrons. The van der Waals surface area contributed by atoms with Crippen LogP contribution in [0.5, 0.6) is 5.75 Å². The molecule has 102 valence electrons. The van der Waals surface area contributed by atoms with Crippen molar-refractivity contribution in [3.63, 3.8) is 0 Å². The van der Waals surface area contributed by atoms with Gasteiger partial charge in [0, 0.05) is 17.4 Å². The van der Waals surface area contributed by atoms with E-state index in [1.54, 1.807) is 0 Å². The molecule has 1 aliphatic heterocycles. The van der Waals surface area contributed by atoms with E-state index in [0.717, 1.165) is 29.6 Å². The van der Waals surface area contributed by atoms with Crippen molar-refractivity contribution in [3.8, 4) is 5.75 Å². The first-order valence-corrected chi connectivity index (χ1v) is 6.92. The lowest BCUT2D eigenvalue weighted by Crippen LogP contribution is -2.24. The van der Waals surface area contributed by atoms with Crippen molar-refractivity contribution < 1.29 is 14.3 Å². The van der Waals surface area contributed by atoms with Crippen LogP contribution in [0.3, 0.4) is 0 Å². The molecule has 1 N–H and O–H groups in total. The number of hydrogen-bond acceptors (Lipinski definition) is 3. The van der Waals surface area contributed by atoms with Crippen molar-refractivity contribution in [2.24, 2.45) is 0 Å². The quantitative estimate of drug-likeness (QED) is 0.907. The van der Waals surface area contributed by atoms with Crippen LogP contribution in [0.25, 0.3) is 11.0 Å². The lowest BCUT2D eigenvalue weighted by Gasteiger charge is -2.16. The van der Waals surface area contributed by atoms with Gasteiger partial charge in [0.2, 0.25) is 0 Å². The average Bonchev–Trinajstić information content (AvgIpc) is 2.87. The standard InChI is InChI=1S/C16H20O3/c1-4-5-12(17)13-8-10-6-7-11-9-16(2,3)19-15(11)14(10)18-13/h6-8,12,17H,4-5,9H2,1-3H3. The maximum atomic E-state index is 10.0. The molecule has 1 aromatic heterocycles. The summed E-state index contributed by atoms with van der Waals surface area (Å²) in [6, 6.07) is 6.06. The first-order chi connectivity index (χ1) is 9.00. The third kappa shape index (κ3) is 2.12. The Morgan fingerprint density at radius 3 is 2.89 bits per heavy atom. The lowest BCUT2D eigenvalue weighted by molar-refractivity contribution is 0.133. The maximum absolute atomic E-state index is 10.0. The summed E-state index contributed by atoms with van der Waals surface area (Å²) in [7, 11) is 0. The van der Waals surface area contributed by atoms with E-state index < -0.39 is 6.10 Å². The largest absolute Gasteiger partial charge is 0.483 e. The second-order valence-electron chi connectivity index (χ2n) is 5.96. The van der Waals surface area contributed by atoms with Gasteiger partial charge in [0.05, 0.1) is 0 Å². The van der Waals surface area contributed by atoms with E-state index in [2.05, 4.69) is 26.8 Å². The lowest BCUT2D eigenvalue weighted by atomic mass is 10.0. The fraction of sp³-hybridized carbons (Fsp3) is 0.500. The van der Waals surface area contributed by atoms with Gasteiger partial charge in [-0.05, 0) is 26.3 Å². The van der Waals surface area contributed by atoms with E-state index in [-0.39, 0.29) is 5.60 Å². The highest BCUT2D eigenvalue weighted by molar-refractivity contribution is 5.86. The molecular weight excluding hydrogens is 240 g/mol. The van der Waals surface area contributed by atoms with Crippen LogP contribution in [0.4, 0.5) is 0 Å². The summed E-state index contributed by atoms with van der Waals surface area (Å²) in [6.45, 7) is 6.21. The van der Waals surface area contributed by atoms with E-state index in [9.17, 15) is 5.11 Å². The van der Waals surface area contributed by atoms with Crippen molar-refractivity contribution in [1.82, 2.24) is 0 Å². The normalized spacial score (nSPS) is 18.3. The van der Waals surface area contributed by atoms with Gasteiger partial charge < -0.3 is 14.3 Å². The Morgan fingerprint density at radius 2 is 2.16 bits per heavy atom. The number of rotatable bonds is 3. The van der Waals surface area contributed by atoms with Crippen molar-refractivity contribution in [2.45, 2.75) is 51.7 Å². The van der Waals surface area contributed by atoms with Crippen LogP contribution in [0, 0.1) is 0 Å². The van der Waals surface area contributed by atoms with Crippen LogP contribution in [0.15, 0.2) is 22.6 Å². The number of hydrogen-bond donors (Lipinski definition) is 1. The molecule has 3 rings (SSSR count). The van der Waals surface area contributed by atoms with Crippen LogP contribution in [-0.2, 0) is 6.42 Å². The van der Waals surface area contributed by atoms with E-state index in [1.807, 2.05) is 12.1 Å². The molecule has 0 saturated heterocycles. The third-order valence-electron chi connectivity index (χ3n) is 3.63. The predicted octanol–water partition coefficient (Wildman–Crippen LogP) is 3.98. The van der Waals surface area contributed by atoms with E-state index in [4.69, 9.17) is 9.15 Å². The van der Waals surface area contributed by atoms with Gasteiger partial charge in [0.25, 0.3) is 0 Å². The molecule has 1 unspecified atom stereocenters. The highest BCUT2D eigenvalue weighted by atomic mass is 16.5. The molecule has 0 aliphatic carbocycles. The smallest absolute Gasteiger partial charge is 0.176 e. The second-order valence-corrected chi connectivity index (χ2v) is 5.96. The Hall–Kier alpha value is -1.48. The summed E-state index contributed by atoms with van der Waals surface area (Å²) in [4.78, 5) is 0. The number of ether oxygens (including phenoxy) is 1. The van der Waals surface area contributed by atoms with Crippen LogP contribution < -0.4 is 4.74 Å². The van der Waals surface area contributed by atoms with Gasteiger partial charge in [-0.3, -0.25) is 0 Å². The fourth-order valence-corrected chi connectivity index (χ4v) is 2.74. The third-order valence-corrected chi connectivity index (χ3v) is 3.63. The Bertz CT molecular complexity index is 610. The SMILES string of the molecule is CCCC(O)c1cc2ccc3c(c2o1)OC(C)(C)C3. The van der Waals surface area contributed by atoms with Gasteiger partial charge in [0.15, 0.2) is 11.3 Å². The van der Waals surface area contributed by atoms with E-state index in [1.165, 1.54) is 5.56 Å². The predicted molar refractivity (Wildman–Crippen MR) is 74.5 cm³/mol. The Balaban J connectivity index is 2.06. The summed E-state index contributed by atoms with van der Waals surface area (Å²) in [5.41, 5.74) is 1.78. The summed E-state index contributed by atoms with van der Waals surface area (Å²) in [5.74, 6) is 1.48. The number of furan rings is 1. The number of aliphatic hydroxyl groups is 1. The molecule has 0 fully saturated rings.